The van der Waals surface area contributed by atoms with Crippen LogP contribution >= 0.6 is 7.82 Å². The monoisotopic (exact) mass is 834 g/mol. The average Bonchev–Trinajstić information content (AvgIpc) is 3.20. The number of rotatable bonds is 39. The Kier molecular flexibility index (Phi) is 38.1. The molecule has 0 bridgehead atoms. The van der Waals surface area contributed by atoms with Crippen molar-refractivity contribution in [3.63, 3.8) is 0 Å². The normalized spacial score (nSPS) is 14.6. The highest BCUT2D eigenvalue weighted by molar-refractivity contribution is 7.47. The molecule has 0 aromatic rings. The van der Waals surface area contributed by atoms with Gasteiger partial charge in [0, 0.05) is 12.8 Å². The second kappa shape index (κ2) is 40.4. The first kappa shape index (κ1) is 54.7. The second-order valence-corrected chi connectivity index (χ2v) is 15.5. The molecule has 0 radical (unpaired) electrons. The summed E-state index contributed by atoms with van der Waals surface area (Å²) in [7, 11) is -4.73. The zero-order valence-electron chi connectivity index (χ0n) is 35.6. The number of esters is 2. The molecule has 11 nitrogen and oxygen atoms in total. The maximum atomic E-state index is 12.6. The third kappa shape index (κ3) is 39.5. The third-order valence-electron chi connectivity index (χ3n) is 8.63. The summed E-state index contributed by atoms with van der Waals surface area (Å²) in [5.74, 6) is -2.45. The Morgan fingerprint density at radius 3 is 1.47 bits per heavy atom. The summed E-state index contributed by atoms with van der Waals surface area (Å²) < 4.78 is 32.6. The molecule has 0 heterocycles. The van der Waals surface area contributed by atoms with Crippen molar-refractivity contribution >= 4 is 25.7 Å². The van der Waals surface area contributed by atoms with E-state index in [1.165, 1.54) is 19.3 Å². The maximum absolute atomic E-state index is 12.6. The summed E-state index contributed by atoms with van der Waals surface area (Å²) in [6.07, 6.45) is 49.3. The molecule has 3 atom stereocenters. The largest absolute Gasteiger partial charge is 0.480 e. The lowest BCUT2D eigenvalue weighted by molar-refractivity contribution is -0.161. The smallest absolute Gasteiger partial charge is 0.472 e. The van der Waals surface area contributed by atoms with Crippen molar-refractivity contribution in [2.24, 2.45) is 5.73 Å². The van der Waals surface area contributed by atoms with Crippen LogP contribution in [0.2, 0.25) is 0 Å². The van der Waals surface area contributed by atoms with E-state index in [0.29, 0.717) is 12.8 Å². The van der Waals surface area contributed by atoms with Crippen molar-refractivity contribution in [2.75, 3.05) is 19.8 Å². The number of ether oxygens (including phenoxy) is 2. The summed E-state index contributed by atoms with van der Waals surface area (Å²) in [6.45, 7) is 2.59. The highest BCUT2D eigenvalue weighted by Gasteiger charge is 2.28. The van der Waals surface area contributed by atoms with Gasteiger partial charge in [-0.3, -0.25) is 23.4 Å². The van der Waals surface area contributed by atoms with Crippen molar-refractivity contribution in [1.29, 1.82) is 0 Å². The molecule has 12 heteroatoms. The van der Waals surface area contributed by atoms with Crippen LogP contribution in [0, 0.1) is 0 Å². The number of carbonyl (C=O) groups is 3. The van der Waals surface area contributed by atoms with Crippen molar-refractivity contribution in [2.45, 2.75) is 167 Å². The van der Waals surface area contributed by atoms with Gasteiger partial charge in [0.15, 0.2) is 6.10 Å². The first-order valence-electron chi connectivity index (χ1n) is 21.6. The first-order valence-corrected chi connectivity index (χ1v) is 23.1. The molecule has 0 fully saturated rings. The Balaban J connectivity index is 4.47. The number of phosphoric ester groups is 1. The van der Waals surface area contributed by atoms with Crippen molar-refractivity contribution in [3.05, 3.63) is 85.1 Å². The zero-order chi connectivity index (χ0) is 42.8. The molecule has 330 valence electrons. The summed E-state index contributed by atoms with van der Waals surface area (Å²) in [5, 5.41) is 8.89. The molecule has 0 saturated heterocycles. The van der Waals surface area contributed by atoms with Crippen molar-refractivity contribution < 1.29 is 47.5 Å². The van der Waals surface area contributed by atoms with E-state index >= 15 is 0 Å². The van der Waals surface area contributed by atoms with Gasteiger partial charge in [0.2, 0.25) is 0 Å². The number of aliphatic carboxylic acids is 1. The van der Waals surface area contributed by atoms with Crippen LogP contribution < -0.4 is 5.73 Å². The fraction of sp³-hybridized carbons (Fsp3) is 0.630. The summed E-state index contributed by atoms with van der Waals surface area (Å²) >= 11 is 0. The Bertz CT molecular complexity index is 1300. The zero-order valence-corrected chi connectivity index (χ0v) is 36.5. The summed E-state index contributed by atoms with van der Waals surface area (Å²) in [4.78, 5) is 45.9. The number of hydrogen-bond acceptors (Lipinski definition) is 9. The molecule has 4 N–H and O–H groups in total. The van der Waals surface area contributed by atoms with Gasteiger partial charge < -0.3 is 25.2 Å². The average molecular weight is 834 g/mol. The predicted molar refractivity (Wildman–Crippen MR) is 235 cm³/mol. The van der Waals surface area contributed by atoms with Crippen LogP contribution in [0.5, 0.6) is 0 Å². The van der Waals surface area contributed by atoms with Crippen LogP contribution in [0.4, 0.5) is 0 Å². The molecule has 1 unspecified atom stereocenters. The Hall–Kier alpha value is -3.34. The number of carboxylic acid groups (broad SMARTS) is 1. The van der Waals surface area contributed by atoms with E-state index < -0.39 is 51.1 Å². The van der Waals surface area contributed by atoms with Crippen LogP contribution in [0.3, 0.4) is 0 Å². The summed E-state index contributed by atoms with van der Waals surface area (Å²) in [6, 6.07) is -1.53. The number of nitrogens with two attached hydrogens (primary N) is 1. The highest BCUT2D eigenvalue weighted by atomic mass is 31.2. The standard InChI is InChI=1S/C46H76NO10P/c1-3-5-7-9-11-13-15-17-19-20-21-22-24-25-27-29-31-33-35-37-44(48)54-39-42(40-55-58(52,53)56-41-43(47)46(50)51)57-45(49)38-36-34-32-30-28-26-23-18-16-14-12-10-8-6-4-2/h5,7,11-14,17-19,21-23,25,27,42-43H,3-4,6,8-10,15-16,20,24,26,28-41,47H2,1-2H3,(H,50,51)(H,52,53)/b7-5-,13-11-,14-12-,19-17-,22-21-,23-18-,27-25-/t42-,43+/m1/s1. The van der Waals surface area contributed by atoms with E-state index in [2.05, 4.69) is 103 Å². The lowest BCUT2D eigenvalue weighted by Gasteiger charge is -2.20. The molecule has 0 aliphatic carbocycles. The minimum Gasteiger partial charge on any atom is -0.480 e. The number of phosphoric acid groups is 1. The van der Waals surface area contributed by atoms with E-state index in [0.717, 1.165) is 96.3 Å². The summed E-state index contributed by atoms with van der Waals surface area (Å²) in [5.41, 5.74) is 5.33. The van der Waals surface area contributed by atoms with Crippen molar-refractivity contribution in [1.82, 2.24) is 0 Å². The van der Waals surface area contributed by atoms with Crippen LogP contribution in [-0.2, 0) is 37.5 Å². The molecular weight excluding hydrogens is 757 g/mol. The van der Waals surface area contributed by atoms with Crippen LogP contribution in [0.15, 0.2) is 85.1 Å². The fourth-order valence-electron chi connectivity index (χ4n) is 5.24. The number of hydrogen-bond donors (Lipinski definition) is 3. The molecule has 58 heavy (non-hydrogen) atoms. The number of unbranched alkanes of at least 4 members (excludes halogenated alkanes) is 11. The van der Waals surface area contributed by atoms with E-state index in [-0.39, 0.29) is 19.4 Å². The first-order chi connectivity index (χ1) is 28.1. The SMILES string of the molecule is CC/C=C\C/C=C\C/C=C\C/C=C\C/C=C\CCCCCC(=O)OC[C@H](COP(=O)(O)OC[C@H](N)C(=O)O)OC(=O)CCCCCCC/C=C\C/C=C\CCCCC. The van der Waals surface area contributed by atoms with Gasteiger partial charge in [-0.2, -0.15) is 0 Å². The van der Waals surface area contributed by atoms with Gasteiger partial charge in [-0.05, 0) is 89.9 Å². The van der Waals surface area contributed by atoms with Crippen LogP contribution in [0.1, 0.15) is 155 Å². The van der Waals surface area contributed by atoms with Gasteiger partial charge in [-0.15, -0.1) is 0 Å². The molecular formula is C46H76NO10P. The number of carboxylic acids is 1. The molecule has 0 aliphatic rings. The minimum absolute atomic E-state index is 0.133. The van der Waals surface area contributed by atoms with Gasteiger partial charge in [-0.25, -0.2) is 4.57 Å². The van der Waals surface area contributed by atoms with Gasteiger partial charge in [0.1, 0.15) is 12.6 Å². The van der Waals surface area contributed by atoms with Crippen LogP contribution in [-0.4, -0.2) is 59.9 Å². The predicted octanol–water partition coefficient (Wildman–Crippen LogP) is 11.5. The Morgan fingerprint density at radius 2 is 0.966 bits per heavy atom. The highest BCUT2D eigenvalue weighted by Crippen LogP contribution is 2.43. The molecule has 0 amide bonds. The fourth-order valence-corrected chi connectivity index (χ4v) is 6.02. The lowest BCUT2D eigenvalue weighted by Crippen LogP contribution is -2.34. The van der Waals surface area contributed by atoms with Gasteiger partial charge >= 0.3 is 25.7 Å². The molecule has 0 aliphatic heterocycles. The van der Waals surface area contributed by atoms with E-state index in [9.17, 15) is 23.8 Å². The van der Waals surface area contributed by atoms with E-state index in [1.54, 1.807) is 0 Å². The van der Waals surface area contributed by atoms with Gasteiger partial charge in [-0.1, -0.05) is 137 Å². The Morgan fingerprint density at radius 1 is 0.552 bits per heavy atom. The molecule has 0 aromatic carbocycles. The van der Waals surface area contributed by atoms with E-state index in [4.69, 9.17) is 24.8 Å². The van der Waals surface area contributed by atoms with Crippen LogP contribution in [0.25, 0.3) is 0 Å². The number of allylic oxidation sites excluding steroid dienone is 14. The maximum Gasteiger partial charge on any atom is 0.472 e. The third-order valence-corrected chi connectivity index (χ3v) is 9.58. The second-order valence-electron chi connectivity index (χ2n) is 14.1. The molecule has 0 aromatic heterocycles. The van der Waals surface area contributed by atoms with Gasteiger partial charge in [0.05, 0.1) is 13.2 Å². The number of carbonyl (C=O) groups excluding carboxylic acids is 2. The molecule has 0 rings (SSSR count). The molecule has 0 spiro atoms. The molecule has 0 saturated carbocycles. The quantitative estimate of drug-likeness (QED) is 0.0233. The Labute approximate surface area is 350 Å². The minimum atomic E-state index is -4.73. The topological polar surface area (TPSA) is 172 Å². The van der Waals surface area contributed by atoms with Crippen molar-refractivity contribution in [3.8, 4) is 0 Å². The lowest BCUT2D eigenvalue weighted by atomic mass is 10.1. The van der Waals surface area contributed by atoms with E-state index in [1.807, 2.05) is 0 Å². The van der Waals surface area contributed by atoms with Gasteiger partial charge in [0.25, 0.3) is 0 Å².